The number of methoxy groups -OCH3 is 1. The van der Waals surface area contributed by atoms with Crippen molar-refractivity contribution in [3.05, 3.63) is 0 Å². The first kappa shape index (κ1) is 15.1. The van der Waals surface area contributed by atoms with Gasteiger partial charge in [-0.25, -0.2) is 4.79 Å². The zero-order valence-corrected chi connectivity index (χ0v) is 12.2. The summed E-state index contributed by atoms with van der Waals surface area (Å²) in [5.41, 5.74) is 0. The van der Waals surface area contributed by atoms with Crippen LogP contribution in [0.15, 0.2) is 0 Å². The molecule has 0 radical (unpaired) electrons. The summed E-state index contributed by atoms with van der Waals surface area (Å²) >= 11 is 0. The van der Waals surface area contributed by atoms with Gasteiger partial charge in [-0.05, 0) is 25.7 Å². The average Bonchev–Trinajstić information content (AvgIpc) is 3.16. The van der Waals surface area contributed by atoms with Gasteiger partial charge >= 0.3 is 12.0 Å². The van der Waals surface area contributed by atoms with Gasteiger partial charge in [0.1, 0.15) is 0 Å². The molecule has 2 aliphatic rings. The van der Waals surface area contributed by atoms with Gasteiger partial charge in [0.15, 0.2) is 0 Å². The zero-order valence-electron chi connectivity index (χ0n) is 12.2. The number of carbonyl (C=O) groups excluding carboxylic acids is 1. The molecule has 0 aromatic rings. The molecule has 0 aromatic heterocycles. The molecule has 0 aromatic carbocycles. The van der Waals surface area contributed by atoms with E-state index in [1.54, 1.807) is 12.0 Å². The van der Waals surface area contributed by atoms with E-state index in [1.165, 1.54) is 12.8 Å². The monoisotopic (exact) mass is 284 g/mol. The third-order valence-corrected chi connectivity index (χ3v) is 4.27. The van der Waals surface area contributed by atoms with Crippen molar-refractivity contribution in [2.75, 3.05) is 33.4 Å². The maximum Gasteiger partial charge on any atom is 0.320 e. The van der Waals surface area contributed by atoms with Gasteiger partial charge < -0.3 is 19.6 Å². The zero-order chi connectivity index (χ0) is 14.7. The Hall–Kier alpha value is -1.30. The quantitative estimate of drug-likeness (QED) is 0.764. The Morgan fingerprint density at radius 3 is 2.55 bits per heavy atom. The molecule has 2 fully saturated rings. The number of urea groups is 1. The van der Waals surface area contributed by atoms with E-state index in [-0.39, 0.29) is 24.4 Å². The second kappa shape index (κ2) is 6.43. The maximum atomic E-state index is 12.5. The number of nitrogens with zero attached hydrogens (tertiary/aromatic N) is 2. The molecular weight excluding hydrogens is 260 g/mol. The van der Waals surface area contributed by atoms with Gasteiger partial charge in [0.25, 0.3) is 0 Å². The Labute approximate surface area is 119 Å². The van der Waals surface area contributed by atoms with E-state index in [2.05, 4.69) is 6.92 Å². The molecule has 1 N–H and O–H groups in total. The Morgan fingerprint density at radius 2 is 2.05 bits per heavy atom. The number of hydrogen-bond acceptors (Lipinski definition) is 3. The lowest BCUT2D eigenvalue weighted by molar-refractivity contribution is -0.139. The molecular formula is C14H24N2O4. The summed E-state index contributed by atoms with van der Waals surface area (Å²) in [4.78, 5) is 26.8. The second-order valence-corrected chi connectivity index (χ2v) is 5.92. The first-order chi connectivity index (χ1) is 9.52. The largest absolute Gasteiger partial charge is 0.481 e. The molecule has 1 saturated heterocycles. The number of rotatable bonds is 7. The van der Waals surface area contributed by atoms with Crippen LogP contribution in [-0.4, -0.2) is 66.3 Å². The lowest BCUT2D eigenvalue weighted by atomic mass is 9.97. The minimum absolute atomic E-state index is 0.0306. The van der Waals surface area contributed by atoms with Crippen molar-refractivity contribution >= 4 is 12.0 Å². The normalized spacial score (nSPS) is 20.4. The van der Waals surface area contributed by atoms with Crippen LogP contribution in [0.4, 0.5) is 4.79 Å². The molecule has 1 unspecified atom stereocenters. The number of carbonyl (C=O) groups is 2. The van der Waals surface area contributed by atoms with E-state index in [9.17, 15) is 9.59 Å². The summed E-state index contributed by atoms with van der Waals surface area (Å²) < 4.78 is 5.09. The molecule has 6 heteroatoms. The summed E-state index contributed by atoms with van der Waals surface area (Å²) in [6.45, 7) is 4.36. The van der Waals surface area contributed by atoms with Gasteiger partial charge in [0.2, 0.25) is 0 Å². The summed E-state index contributed by atoms with van der Waals surface area (Å²) in [5.74, 6) is -0.0615. The van der Waals surface area contributed by atoms with E-state index in [0.717, 1.165) is 0 Å². The molecule has 1 aliphatic heterocycles. The molecule has 0 spiro atoms. The Bertz CT molecular complexity index is 364. The molecule has 20 heavy (non-hydrogen) atoms. The SMILES string of the molecule is COCCN(C(=O)N1CC(CC(=O)O)C1)C(C)C1CC1. The fraction of sp³-hybridized carbons (Fsp3) is 0.857. The van der Waals surface area contributed by atoms with Crippen LogP contribution in [0.5, 0.6) is 0 Å². The first-order valence-corrected chi connectivity index (χ1v) is 7.29. The lowest BCUT2D eigenvalue weighted by Gasteiger charge is -2.43. The Kier molecular flexibility index (Phi) is 4.86. The Balaban J connectivity index is 1.85. The van der Waals surface area contributed by atoms with Gasteiger partial charge in [-0.15, -0.1) is 0 Å². The van der Waals surface area contributed by atoms with E-state index < -0.39 is 5.97 Å². The van der Waals surface area contributed by atoms with Crippen LogP contribution in [0.3, 0.4) is 0 Å². The first-order valence-electron chi connectivity index (χ1n) is 7.29. The molecule has 1 saturated carbocycles. The lowest BCUT2D eigenvalue weighted by Crippen LogP contribution is -2.57. The topological polar surface area (TPSA) is 70.1 Å². The number of ether oxygens (including phenoxy) is 1. The van der Waals surface area contributed by atoms with Crippen molar-refractivity contribution in [3.63, 3.8) is 0 Å². The minimum Gasteiger partial charge on any atom is -0.481 e. The predicted molar refractivity (Wildman–Crippen MR) is 73.5 cm³/mol. The van der Waals surface area contributed by atoms with Gasteiger partial charge in [-0.1, -0.05) is 0 Å². The second-order valence-electron chi connectivity index (χ2n) is 5.92. The molecule has 1 aliphatic carbocycles. The fourth-order valence-electron chi connectivity index (χ4n) is 2.78. The third-order valence-electron chi connectivity index (χ3n) is 4.27. The summed E-state index contributed by atoms with van der Waals surface area (Å²) in [6.07, 6.45) is 2.54. The van der Waals surface area contributed by atoms with Crippen molar-refractivity contribution in [2.24, 2.45) is 11.8 Å². The number of hydrogen-bond donors (Lipinski definition) is 1. The molecule has 114 valence electrons. The maximum absolute atomic E-state index is 12.5. The van der Waals surface area contributed by atoms with E-state index in [1.807, 2.05) is 4.90 Å². The van der Waals surface area contributed by atoms with Crippen molar-refractivity contribution in [2.45, 2.75) is 32.2 Å². The number of carboxylic acids is 1. The van der Waals surface area contributed by atoms with Crippen LogP contribution >= 0.6 is 0 Å². The average molecular weight is 284 g/mol. The van der Waals surface area contributed by atoms with Gasteiger partial charge in [-0.3, -0.25) is 4.79 Å². The van der Waals surface area contributed by atoms with E-state index in [0.29, 0.717) is 32.2 Å². The highest BCUT2D eigenvalue weighted by Crippen LogP contribution is 2.36. The van der Waals surface area contributed by atoms with Crippen molar-refractivity contribution in [3.8, 4) is 0 Å². The summed E-state index contributed by atoms with van der Waals surface area (Å²) in [6, 6.07) is 0.277. The van der Waals surface area contributed by atoms with E-state index >= 15 is 0 Å². The highest BCUT2D eigenvalue weighted by molar-refractivity contribution is 5.76. The van der Waals surface area contributed by atoms with Crippen LogP contribution in [0, 0.1) is 11.8 Å². The highest BCUT2D eigenvalue weighted by atomic mass is 16.5. The molecule has 6 nitrogen and oxygen atoms in total. The summed E-state index contributed by atoms with van der Waals surface area (Å²) in [5, 5.41) is 8.74. The van der Waals surface area contributed by atoms with E-state index in [4.69, 9.17) is 9.84 Å². The van der Waals surface area contributed by atoms with Crippen LogP contribution < -0.4 is 0 Å². The predicted octanol–water partition coefficient (Wildman–Crippen LogP) is 1.26. The number of aliphatic carboxylic acids is 1. The van der Waals surface area contributed by atoms with Crippen molar-refractivity contribution in [1.29, 1.82) is 0 Å². The molecule has 2 rings (SSSR count). The van der Waals surface area contributed by atoms with Crippen molar-refractivity contribution in [1.82, 2.24) is 9.80 Å². The smallest absolute Gasteiger partial charge is 0.320 e. The number of carboxylic acid groups (broad SMARTS) is 1. The molecule has 2 amide bonds. The fourth-order valence-corrected chi connectivity index (χ4v) is 2.78. The van der Waals surface area contributed by atoms with Gasteiger partial charge in [-0.2, -0.15) is 0 Å². The number of likely N-dealkylation sites (tertiary alicyclic amines) is 1. The van der Waals surface area contributed by atoms with Crippen molar-refractivity contribution < 1.29 is 19.4 Å². The highest BCUT2D eigenvalue weighted by Gasteiger charge is 2.39. The molecule has 1 atom stereocenters. The standard InChI is InChI=1S/C14H24N2O4/c1-10(12-3-4-12)16(5-6-20-2)14(19)15-8-11(9-15)7-13(17)18/h10-12H,3-9H2,1-2H3,(H,17,18). The summed E-state index contributed by atoms with van der Waals surface area (Å²) in [7, 11) is 1.64. The number of amides is 2. The Morgan fingerprint density at radius 1 is 1.40 bits per heavy atom. The minimum atomic E-state index is -0.787. The van der Waals surface area contributed by atoms with Crippen LogP contribution in [0.1, 0.15) is 26.2 Å². The third kappa shape index (κ3) is 3.62. The van der Waals surface area contributed by atoms with Gasteiger partial charge in [0.05, 0.1) is 13.0 Å². The van der Waals surface area contributed by atoms with Crippen LogP contribution in [0.2, 0.25) is 0 Å². The van der Waals surface area contributed by atoms with Crippen LogP contribution in [0.25, 0.3) is 0 Å². The van der Waals surface area contributed by atoms with Crippen LogP contribution in [-0.2, 0) is 9.53 Å². The van der Waals surface area contributed by atoms with Gasteiger partial charge in [0, 0.05) is 38.7 Å². The molecule has 1 heterocycles. The molecule has 0 bridgehead atoms.